The number of carboxylic acids is 1. The average Bonchev–Trinajstić information content (AvgIpc) is 2.26. The monoisotopic (exact) mass is 223 g/mol. The Labute approximate surface area is 94.7 Å². The molecule has 0 aliphatic rings. The maximum atomic E-state index is 10.8. The lowest BCUT2D eigenvalue weighted by Gasteiger charge is -2.09. The van der Waals surface area contributed by atoms with Gasteiger partial charge in [-0.05, 0) is 12.5 Å². The smallest absolute Gasteiger partial charge is 0.337 e. The van der Waals surface area contributed by atoms with Gasteiger partial charge in [0.1, 0.15) is 5.82 Å². The van der Waals surface area contributed by atoms with Gasteiger partial charge in [-0.3, -0.25) is 0 Å². The quantitative estimate of drug-likeness (QED) is 0.641. The summed E-state index contributed by atoms with van der Waals surface area (Å²) in [5, 5.41) is 11.9. The molecule has 0 amide bonds. The molecule has 0 bridgehead atoms. The van der Waals surface area contributed by atoms with E-state index in [1.165, 1.54) is 12.3 Å². The van der Waals surface area contributed by atoms with Gasteiger partial charge in [0.05, 0.1) is 11.3 Å². The van der Waals surface area contributed by atoms with Crippen LogP contribution in [0.15, 0.2) is 12.3 Å². The molecule has 5 nitrogen and oxygen atoms in total. The highest BCUT2D eigenvalue weighted by Crippen LogP contribution is 2.19. The molecule has 5 heteroatoms. The first kappa shape index (κ1) is 12.3. The third kappa shape index (κ3) is 3.12. The predicted octanol–water partition coefficient (Wildman–Crippen LogP) is 1.96. The number of carbonyl (C=O) groups is 1. The standard InChI is InChI=1S/C11H17N3O2/c1-2-3-4-6-13-10-9(12)8(11(15)16)5-7-14-10/h5,7H,2-4,6,12H2,1H3,(H,13,14)(H,15,16). The second-order valence-corrected chi connectivity index (χ2v) is 3.56. The molecule has 0 radical (unpaired) electrons. The molecule has 16 heavy (non-hydrogen) atoms. The van der Waals surface area contributed by atoms with Crippen molar-refractivity contribution in [2.24, 2.45) is 0 Å². The van der Waals surface area contributed by atoms with Crippen molar-refractivity contribution in [1.29, 1.82) is 0 Å². The molecular weight excluding hydrogens is 206 g/mol. The first-order valence-electron chi connectivity index (χ1n) is 5.38. The summed E-state index contributed by atoms with van der Waals surface area (Å²) in [5.74, 6) is -0.576. The van der Waals surface area contributed by atoms with Crippen molar-refractivity contribution in [2.75, 3.05) is 17.6 Å². The van der Waals surface area contributed by atoms with E-state index in [1.54, 1.807) is 0 Å². The Hall–Kier alpha value is -1.78. The maximum absolute atomic E-state index is 10.8. The van der Waals surface area contributed by atoms with Gasteiger partial charge in [0.2, 0.25) is 0 Å². The fraction of sp³-hybridized carbons (Fsp3) is 0.455. The summed E-state index contributed by atoms with van der Waals surface area (Å²) >= 11 is 0. The fourth-order valence-electron chi connectivity index (χ4n) is 1.38. The van der Waals surface area contributed by atoms with E-state index >= 15 is 0 Å². The molecule has 0 spiro atoms. The van der Waals surface area contributed by atoms with E-state index in [0.717, 1.165) is 25.8 Å². The Kier molecular flexibility index (Phi) is 4.57. The molecule has 1 heterocycles. The predicted molar refractivity (Wildman–Crippen MR) is 63.6 cm³/mol. The minimum Gasteiger partial charge on any atom is -0.478 e. The average molecular weight is 223 g/mol. The zero-order valence-electron chi connectivity index (χ0n) is 9.36. The minimum absolute atomic E-state index is 0.0907. The van der Waals surface area contributed by atoms with Crippen molar-refractivity contribution in [1.82, 2.24) is 4.98 Å². The Morgan fingerprint density at radius 2 is 2.31 bits per heavy atom. The van der Waals surface area contributed by atoms with Gasteiger partial charge in [-0.1, -0.05) is 19.8 Å². The Balaban J connectivity index is 2.66. The second kappa shape index (κ2) is 5.95. The second-order valence-electron chi connectivity index (χ2n) is 3.56. The largest absolute Gasteiger partial charge is 0.478 e. The Morgan fingerprint density at radius 1 is 1.56 bits per heavy atom. The number of rotatable bonds is 6. The Bertz CT molecular complexity index is 366. The number of hydrogen-bond donors (Lipinski definition) is 3. The molecule has 0 fully saturated rings. The number of nitrogens with zero attached hydrogens (tertiary/aromatic N) is 1. The van der Waals surface area contributed by atoms with Crippen LogP contribution in [0.5, 0.6) is 0 Å². The summed E-state index contributed by atoms with van der Waals surface area (Å²) in [6, 6.07) is 1.40. The van der Waals surface area contributed by atoms with Gasteiger partial charge in [0.25, 0.3) is 0 Å². The summed E-state index contributed by atoms with van der Waals surface area (Å²) in [4.78, 5) is 14.8. The summed E-state index contributed by atoms with van der Waals surface area (Å²) in [7, 11) is 0. The molecule has 1 rings (SSSR count). The molecule has 0 saturated carbocycles. The SMILES string of the molecule is CCCCCNc1nccc(C(=O)O)c1N. The van der Waals surface area contributed by atoms with Crippen molar-refractivity contribution in [3.63, 3.8) is 0 Å². The van der Waals surface area contributed by atoms with E-state index in [4.69, 9.17) is 10.8 Å². The van der Waals surface area contributed by atoms with E-state index in [-0.39, 0.29) is 11.3 Å². The van der Waals surface area contributed by atoms with Crippen molar-refractivity contribution < 1.29 is 9.90 Å². The molecule has 4 N–H and O–H groups in total. The third-order valence-electron chi connectivity index (χ3n) is 2.29. The van der Waals surface area contributed by atoms with Crippen molar-refractivity contribution in [3.8, 4) is 0 Å². The molecule has 88 valence electrons. The number of carboxylic acid groups (broad SMARTS) is 1. The Morgan fingerprint density at radius 3 is 2.94 bits per heavy atom. The van der Waals surface area contributed by atoms with Crippen molar-refractivity contribution >= 4 is 17.5 Å². The lowest BCUT2D eigenvalue weighted by molar-refractivity contribution is 0.0698. The maximum Gasteiger partial charge on any atom is 0.337 e. The molecule has 0 atom stereocenters. The van der Waals surface area contributed by atoms with Crippen molar-refractivity contribution in [3.05, 3.63) is 17.8 Å². The number of pyridine rings is 1. The minimum atomic E-state index is -1.03. The fourth-order valence-corrected chi connectivity index (χ4v) is 1.38. The molecule has 0 aromatic carbocycles. The van der Waals surface area contributed by atoms with Crippen LogP contribution in [-0.2, 0) is 0 Å². The highest BCUT2D eigenvalue weighted by molar-refractivity contribution is 5.96. The van der Waals surface area contributed by atoms with Crippen molar-refractivity contribution in [2.45, 2.75) is 26.2 Å². The van der Waals surface area contributed by atoms with Crippen LogP contribution in [0.4, 0.5) is 11.5 Å². The van der Waals surface area contributed by atoms with Gasteiger partial charge in [0, 0.05) is 12.7 Å². The third-order valence-corrected chi connectivity index (χ3v) is 2.29. The van der Waals surface area contributed by atoms with E-state index in [1.807, 2.05) is 0 Å². The van der Waals surface area contributed by atoms with Crippen LogP contribution < -0.4 is 11.1 Å². The van der Waals surface area contributed by atoms with Crippen LogP contribution in [0.25, 0.3) is 0 Å². The van der Waals surface area contributed by atoms with E-state index in [0.29, 0.717) is 5.82 Å². The number of unbranched alkanes of at least 4 members (excludes halogenated alkanes) is 2. The summed E-state index contributed by atoms with van der Waals surface area (Å²) in [6.45, 7) is 2.88. The molecule has 1 aromatic heterocycles. The summed E-state index contributed by atoms with van der Waals surface area (Å²) in [6.07, 6.45) is 4.74. The molecule has 0 saturated heterocycles. The van der Waals surface area contributed by atoms with Gasteiger partial charge in [-0.25, -0.2) is 9.78 Å². The van der Waals surface area contributed by atoms with Crippen LogP contribution in [0, 0.1) is 0 Å². The van der Waals surface area contributed by atoms with Crippen LogP contribution >= 0.6 is 0 Å². The molecule has 0 aliphatic heterocycles. The van der Waals surface area contributed by atoms with Crippen LogP contribution in [0.1, 0.15) is 36.5 Å². The zero-order chi connectivity index (χ0) is 12.0. The lowest BCUT2D eigenvalue weighted by atomic mass is 10.2. The number of aromatic nitrogens is 1. The zero-order valence-corrected chi connectivity index (χ0v) is 9.36. The summed E-state index contributed by atoms with van der Waals surface area (Å²) < 4.78 is 0. The molecule has 1 aromatic rings. The van der Waals surface area contributed by atoms with Gasteiger partial charge in [-0.2, -0.15) is 0 Å². The van der Waals surface area contributed by atoms with Gasteiger partial charge >= 0.3 is 5.97 Å². The van der Waals surface area contributed by atoms with E-state index in [9.17, 15) is 4.79 Å². The van der Waals surface area contributed by atoms with Gasteiger partial charge in [-0.15, -0.1) is 0 Å². The molecule has 0 aliphatic carbocycles. The van der Waals surface area contributed by atoms with Gasteiger partial charge in [0.15, 0.2) is 0 Å². The number of hydrogen-bond acceptors (Lipinski definition) is 4. The van der Waals surface area contributed by atoms with Crippen LogP contribution in [0.2, 0.25) is 0 Å². The number of anilines is 2. The number of nitrogen functional groups attached to an aromatic ring is 1. The molecular formula is C11H17N3O2. The highest BCUT2D eigenvalue weighted by Gasteiger charge is 2.11. The number of aromatic carboxylic acids is 1. The first-order valence-corrected chi connectivity index (χ1v) is 5.38. The molecule has 0 unspecified atom stereocenters. The lowest BCUT2D eigenvalue weighted by Crippen LogP contribution is -2.10. The van der Waals surface area contributed by atoms with Crippen LogP contribution in [-0.4, -0.2) is 22.6 Å². The highest BCUT2D eigenvalue weighted by atomic mass is 16.4. The van der Waals surface area contributed by atoms with Crippen LogP contribution in [0.3, 0.4) is 0 Å². The number of nitrogens with two attached hydrogens (primary N) is 1. The number of nitrogens with one attached hydrogen (secondary N) is 1. The first-order chi connectivity index (χ1) is 7.66. The summed E-state index contributed by atoms with van der Waals surface area (Å²) in [5.41, 5.74) is 5.98. The van der Waals surface area contributed by atoms with Gasteiger partial charge < -0.3 is 16.2 Å². The normalized spacial score (nSPS) is 10.1. The van der Waals surface area contributed by atoms with E-state index in [2.05, 4.69) is 17.2 Å². The topological polar surface area (TPSA) is 88.2 Å². The van der Waals surface area contributed by atoms with E-state index < -0.39 is 5.97 Å².